The minimum Gasteiger partial charge on any atom is -0.341 e. The molecular weight excluding hydrogens is 339 g/mol. The predicted molar refractivity (Wildman–Crippen MR) is 96.1 cm³/mol. The summed E-state index contributed by atoms with van der Waals surface area (Å²) < 4.78 is 13.7. The maximum absolute atomic E-state index is 13.7. The van der Waals surface area contributed by atoms with Gasteiger partial charge in [-0.05, 0) is 35.9 Å². The van der Waals surface area contributed by atoms with Gasteiger partial charge in [0.05, 0.1) is 4.88 Å². The standard InChI is InChI=1S/C19H21FN2O2S/c20-16-6-2-1-5-15(16)8-9-18(23)21-10-4-11-22(13-12-21)19(24)17-7-3-14-25-17/h1-3,5-7,14H,4,8-13H2. The number of aryl methyl sites for hydroxylation is 1. The van der Waals surface area contributed by atoms with Crippen molar-refractivity contribution in [2.75, 3.05) is 26.2 Å². The second kappa shape index (κ2) is 8.25. The van der Waals surface area contributed by atoms with Crippen LogP contribution in [0.25, 0.3) is 0 Å². The molecule has 0 atom stereocenters. The van der Waals surface area contributed by atoms with Crippen molar-refractivity contribution in [2.45, 2.75) is 19.3 Å². The van der Waals surface area contributed by atoms with Crippen LogP contribution >= 0.6 is 11.3 Å². The molecule has 3 rings (SSSR count). The van der Waals surface area contributed by atoms with Gasteiger partial charge >= 0.3 is 0 Å². The van der Waals surface area contributed by atoms with Gasteiger partial charge in [-0.15, -0.1) is 11.3 Å². The molecule has 0 radical (unpaired) electrons. The summed E-state index contributed by atoms with van der Waals surface area (Å²) in [7, 11) is 0. The molecule has 1 aliphatic heterocycles. The molecule has 0 saturated carbocycles. The number of rotatable bonds is 4. The number of amides is 2. The summed E-state index contributed by atoms with van der Waals surface area (Å²) in [5, 5.41) is 1.89. The highest BCUT2D eigenvalue weighted by atomic mass is 32.1. The lowest BCUT2D eigenvalue weighted by atomic mass is 10.1. The van der Waals surface area contributed by atoms with E-state index in [1.54, 1.807) is 23.1 Å². The Morgan fingerprint density at radius 2 is 1.76 bits per heavy atom. The molecule has 2 amide bonds. The molecule has 1 saturated heterocycles. The van der Waals surface area contributed by atoms with E-state index in [2.05, 4.69) is 0 Å². The molecular formula is C19H21FN2O2S. The van der Waals surface area contributed by atoms with Crippen molar-refractivity contribution in [2.24, 2.45) is 0 Å². The fraction of sp³-hybridized carbons (Fsp3) is 0.368. The monoisotopic (exact) mass is 360 g/mol. The molecule has 4 nitrogen and oxygen atoms in total. The number of carbonyl (C=O) groups is 2. The molecule has 0 spiro atoms. The average molecular weight is 360 g/mol. The maximum Gasteiger partial charge on any atom is 0.263 e. The zero-order chi connectivity index (χ0) is 17.6. The van der Waals surface area contributed by atoms with Crippen LogP contribution in [0.2, 0.25) is 0 Å². The Hall–Kier alpha value is -2.21. The number of thiophene rings is 1. The van der Waals surface area contributed by atoms with E-state index in [1.807, 2.05) is 22.4 Å². The zero-order valence-electron chi connectivity index (χ0n) is 14.0. The molecule has 25 heavy (non-hydrogen) atoms. The third kappa shape index (κ3) is 4.45. The molecule has 0 aliphatic carbocycles. The van der Waals surface area contributed by atoms with Gasteiger partial charge in [-0.1, -0.05) is 24.3 Å². The molecule has 1 aliphatic rings. The predicted octanol–water partition coefficient (Wildman–Crippen LogP) is 3.19. The van der Waals surface area contributed by atoms with Gasteiger partial charge in [0.25, 0.3) is 5.91 Å². The summed E-state index contributed by atoms with van der Waals surface area (Å²) >= 11 is 1.44. The van der Waals surface area contributed by atoms with Crippen LogP contribution in [-0.2, 0) is 11.2 Å². The van der Waals surface area contributed by atoms with Crippen LogP contribution in [-0.4, -0.2) is 47.8 Å². The Balaban J connectivity index is 1.53. The third-order valence-corrected chi connectivity index (χ3v) is 5.29. The number of hydrogen-bond acceptors (Lipinski definition) is 3. The summed E-state index contributed by atoms with van der Waals surface area (Å²) in [6.07, 6.45) is 1.46. The Kier molecular flexibility index (Phi) is 5.81. The van der Waals surface area contributed by atoms with Crippen LogP contribution in [0.4, 0.5) is 4.39 Å². The van der Waals surface area contributed by atoms with Gasteiger partial charge < -0.3 is 9.80 Å². The van der Waals surface area contributed by atoms with Crippen LogP contribution in [0.15, 0.2) is 41.8 Å². The first-order valence-corrected chi connectivity index (χ1v) is 9.37. The van der Waals surface area contributed by atoms with Gasteiger partial charge in [0, 0.05) is 32.6 Å². The van der Waals surface area contributed by atoms with Crippen molar-refractivity contribution in [1.82, 2.24) is 9.80 Å². The third-order valence-electron chi connectivity index (χ3n) is 4.43. The first-order chi connectivity index (χ1) is 12.1. The molecule has 0 bridgehead atoms. The quantitative estimate of drug-likeness (QED) is 0.840. The van der Waals surface area contributed by atoms with Crippen molar-refractivity contribution in [1.29, 1.82) is 0 Å². The highest BCUT2D eigenvalue weighted by Crippen LogP contribution is 2.15. The summed E-state index contributed by atoms with van der Waals surface area (Å²) in [6.45, 7) is 2.38. The van der Waals surface area contributed by atoms with E-state index < -0.39 is 0 Å². The zero-order valence-corrected chi connectivity index (χ0v) is 14.8. The molecule has 2 aromatic rings. The number of halogens is 1. The molecule has 132 valence electrons. The second-order valence-electron chi connectivity index (χ2n) is 6.10. The van der Waals surface area contributed by atoms with Gasteiger partial charge in [-0.2, -0.15) is 0 Å². The lowest BCUT2D eigenvalue weighted by Gasteiger charge is -2.22. The Labute approximate surface area is 150 Å². The van der Waals surface area contributed by atoms with Gasteiger partial charge in [-0.3, -0.25) is 9.59 Å². The van der Waals surface area contributed by atoms with Crippen LogP contribution in [0.3, 0.4) is 0 Å². The van der Waals surface area contributed by atoms with Gasteiger partial charge in [-0.25, -0.2) is 4.39 Å². The summed E-state index contributed by atoms with van der Waals surface area (Å²) in [4.78, 5) is 29.2. The molecule has 0 unspecified atom stereocenters. The lowest BCUT2D eigenvalue weighted by Crippen LogP contribution is -2.37. The van der Waals surface area contributed by atoms with Crippen molar-refractivity contribution < 1.29 is 14.0 Å². The summed E-state index contributed by atoms with van der Waals surface area (Å²) in [5.74, 6) is -0.205. The Morgan fingerprint density at radius 3 is 2.52 bits per heavy atom. The molecule has 1 aromatic heterocycles. The van der Waals surface area contributed by atoms with Crippen LogP contribution in [0.5, 0.6) is 0 Å². The van der Waals surface area contributed by atoms with Crippen molar-refractivity contribution in [3.05, 3.63) is 58.0 Å². The minimum absolute atomic E-state index is 0.0219. The van der Waals surface area contributed by atoms with Crippen molar-refractivity contribution in [3.63, 3.8) is 0 Å². The number of carbonyl (C=O) groups excluding carboxylic acids is 2. The Bertz CT molecular complexity index is 733. The van der Waals surface area contributed by atoms with E-state index in [4.69, 9.17) is 0 Å². The van der Waals surface area contributed by atoms with Crippen LogP contribution in [0.1, 0.15) is 28.1 Å². The molecule has 1 aromatic carbocycles. The number of benzene rings is 1. The van der Waals surface area contributed by atoms with Gasteiger partial charge in [0.1, 0.15) is 5.82 Å². The molecule has 1 fully saturated rings. The summed E-state index contributed by atoms with van der Waals surface area (Å²) in [6, 6.07) is 10.3. The topological polar surface area (TPSA) is 40.6 Å². The molecule has 0 N–H and O–H groups in total. The Morgan fingerprint density at radius 1 is 1.00 bits per heavy atom. The van der Waals surface area contributed by atoms with E-state index in [-0.39, 0.29) is 17.6 Å². The summed E-state index contributed by atoms with van der Waals surface area (Å²) in [5.41, 5.74) is 0.570. The first-order valence-electron chi connectivity index (χ1n) is 8.49. The highest BCUT2D eigenvalue weighted by molar-refractivity contribution is 7.12. The van der Waals surface area contributed by atoms with Crippen molar-refractivity contribution >= 4 is 23.2 Å². The maximum atomic E-state index is 13.7. The van der Waals surface area contributed by atoms with E-state index in [9.17, 15) is 14.0 Å². The molecule has 6 heteroatoms. The van der Waals surface area contributed by atoms with E-state index in [0.29, 0.717) is 44.6 Å². The smallest absolute Gasteiger partial charge is 0.263 e. The molecule has 2 heterocycles. The van der Waals surface area contributed by atoms with Crippen LogP contribution < -0.4 is 0 Å². The normalized spacial score (nSPS) is 15.1. The van der Waals surface area contributed by atoms with Crippen molar-refractivity contribution in [3.8, 4) is 0 Å². The first kappa shape index (κ1) is 17.6. The fourth-order valence-corrected chi connectivity index (χ4v) is 3.72. The van der Waals surface area contributed by atoms with E-state index in [1.165, 1.54) is 17.4 Å². The number of nitrogens with zero attached hydrogens (tertiary/aromatic N) is 2. The average Bonchev–Trinajstić information content (AvgIpc) is 3.04. The SMILES string of the molecule is O=C(CCc1ccccc1F)N1CCCN(C(=O)c2cccs2)CC1. The van der Waals surface area contributed by atoms with Gasteiger partial charge in [0.15, 0.2) is 0 Å². The highest BCUT2D eigenvalue weighted by Gasteiger charge is 2.23. The van der Waals surface area contributed by atoms with Crippen LogP contribution in [0, 0.1) is 5.82 Å². The number of hydrogen-bond donors (Lipinski definition) is 0. The van der Waals surface area contributed by atoms with E-state index in [0.717, 1.165) is 11.3 Å². The van der Waals surface area contributed by atoms with Gasteiger partial charge in [0.2, 0.25) is 5.91 Å². The fourth-order valence-electron chi connectivity index (χ4n) is 3.03. The largest absolute Gasteiger partial charge is 0.341 e. The lowest BCUT2D eigenvalue weighted by molar-refractivity contribution is -0.131. The second-order valence-corrected chi connectivity index (χ2v) is 7.04. The minimum atomic E-state index is -0.265. The van der Waals surface area contributed by atoms with E-state index >= 15 is 0 Å².